The molecule has 0 aliphatic carbocycles. The molecule has 0 N–H and O–H groups in total. The van der Waals surface area contributed by atoms with Crippen molar-refractivity contribution in [2.75, 3.05) is 0 Å². The van der Waals surface area contributed by atoms with Crippen LogP contribution >= 0.6 is 9.24 Å². The average Bonchev–Trinajstić information content (AvgIpc) is 2.30. The van der Waals surface area contributed by atoms with Crippen molar-refractivity contribution in [3.63, 3.8) is 0 Å². The zero-order valence-corrected chi connectivity index (χ0v) is 17.2. The van der Waals surface area contributed by atoms with Gasteiger partial charge in [-0.2, -0.15) is 0 Å². The highest BCUT2D eigenvalue weighted by atomic mass is 31.0. The van der Waals surface area contributed by atoms with Crippen LogP contribution in [0.25, 0.3) is 0 Å². The third-order valence-corrected chi connectivity index (χ3v) is 5.49. The van der Waals surface area contributed by atoms with Gasteiger partial charge in [-0.25, -0.2) is 0 Å². The molecule has 0 bridgehead atoms. The van der Waals surface area contributed by atoms with Crippen LogP contribution in [-0.2, 0) is 0 Å². The standard InChI is InChI=1S/C20H43P/c1-8-9-10-11-12-19(13-16(2)3)20(21,14-17(4)5)15-18(6)7/h16-19H,8-15,21H2,1-7H3. The Morgan fingerprint density at radius 2 is 1.29 bits per heavy atom. The van der Waals surface area contributed by atoms with Crippen molar-refractivity contribution in [3.05, 3.63) is 0 Å². The number of rotatable bonds is 12. The third kappa shape index (κ3) is 9.93. The molecule has 0 rings (SSSR count). The van der Waals surface area contributed by atoms with Crippen molar-refractivity contribution in [2.45, 2.75) is 105 Å². The molecule has 2 unspecified atom stereocenters. The maximum atomic E-state index is 3.33. The van der Waals surface area contributed by atoms with E-state index in [9.17, 15) is 0 Å². The lowest BCUT2D eigenvalue weighted by Crippen LogP contribution is -2.35. The lowest BCUT2D eigenvalue weighted by molar-refractivity contribution is 0.227. The van der Waals surface area contributed by atoms with Crippen LogP contribution in [0.3, 0.4) is 0 Å². The molecule has 0 spiro atoms. The number of hydrogen-bond acceptors (Lipinski definition) is 0. The first-order valence-corrected chi connectivity index (χ1v) is 10.1. The Morgan fingerprint density at radius 3 is 1.67 bits per heavy atom. The second-order valence-electron chi connectivity index (χ2n) is 8.60. The van der Waals surface area contributed by atoms with Gasteiger partial charge in [-0.1, -0.05) is 74.1 Å². The summed E-state index contributed by atoms with van der Waals surface area (Å²) in [6, 6.07) is 0. The molecule has 128 valence electrons. The van der Waals surface area contributed by atoms with Crippen LogP contribution in [0.2, 0.25) is 0 Å². The number of unbranched alkanes of at least 4 members (excludes halogenated alkanes) is 3. The largest absolute Gasteiger partial charge is 0.131 e. The van der Waals surface area contributed by atoms with Crippen molar-refractivity contribution in [1.29, 1.82) is 0 Å². The van der Waals surface area contributed by atoms with Gasteiger partial charge >= 0.3 is 0 Å². The smallest absolute Gasteiger partial charge is 0.0117 e. The molecule has 0 aliphatic rings. The molecular weight excluding hydrogens is 271 g/mol. The van der Waals surface area contributed by atoms with E-state index in [1.165, 1.54) is 51.4 Å². The van der Waals surface area contributed by atoms with Gasteiger partial charge in [0.05, 0.1) is 0 Å². The summed E-state index contributed by atoms with van der Waals surface area (Å²) in [6.45, 7) is 16.7. The Labute approximate surface area is 138 Å². The first-order chi connectivity index (χ1) is 9.71. The first-order valence-electron chi connectivity index (χ1n) is 9.50. The fourth-order valence-corrected chi connectivity index (χ4v) is 5.21. The summed E-state index contributed by atoms with van der Waals surface area (Å²) >= 11 is 0. The van der Waals surface area contributed by atoms with Crippen molar-refractivity contribution < 1.29 is 0 Å². The normalized spacial score (nSPS) is 14.4. The predicted octanol–water partition coefficient (Wildman–Crippen LogP) is 7.33. The van der Waals surface area contributed by atoms with E-state index in [0.717, 1.165) is 23.7 Å². The minimum Gasteiger partial charge on any atom is -0.131 e. The summed E-state index contributed by atoms with van der Waals surface area (Å²) in [6.07, 6.45) is 11.2. The topological polar surface area (TPSA) is 0 Å². The Bertz CT molecular complexity index is 232. The molecule has 21 heavy (non-hydrogen) atoms. The molecule has 0 saturated heterocycles. The molecular formula is C20H43P. The number of hydrogen-bond donors (Lipinski definition) is 0. The highest BCUT2D eigenvalue weighted by Crippen LogP contribution is 2.45. The fraction of sp³-hybridized carbons (Fsp3) is 1.00. The maximum absolute atomic E-state index is 3.33. The second-order valence-corrected chi connectivity index (χ2v) is 9.75. The molecule has 0 fully saturated rings. The second kappa shape index (κ2) is 11.0. The van der Waals surface area contributed by atoms with E-state index in [-0.39, 0.29) is 0 Å². The molecule has 0 heterocycles. The Balaban J connectivity index is 4.88. The van der Waals surface area contributed by atoms with E-state index in [1.807, 2.05) is 0 Å². The van der Waals surface area contributed by atoms with E-state index in [4.69, 9.17) is 0 Å². The quantitative estimate of drug-likeness (QED) is 0.261. The lowest BCUT2D eigenvalue weighted by Gasteiger charge is -2.41. The fourth-order valence-electron chi connectivity index (χ4n) is 3.96. The van der Waals surface area contributed by atoms with E-state index < -0.39 is 0 Å². The van der Waals surface area contributed by atoms with Gasteiger partial charge in [-0.15, -0.1) is 9.24 Å². The van der Waals surface area contributed by atoms with Gasteiger partial charge < -0.3 is 0 Å². The van der Waals surface area contributed by atoms with Gasteiger partial charge in [0.15, 0.2) is 0 Å². The van der Waals surface area contributed by atoms with Gasteiger partial charge in [0, 0.05) is 0 Å². The third-order valence-electron chi connectivity index (χ3n) is 4.55. The molecule has 2 atom stereocenters. The lowest BCUT2D eigenvalue weighted by atomic mass is 9.73. The molecule has 0 amide bonds. The summed E-state index contributed by atoms with van der Waals surface area (Å²) in [7, 11) is 3.33. The molecule has 0 aromatic rings. The van der Waals surface area contributed by atoms with Crippen LogP contribution in [0.5, 0.6) is 0 Å². The Kier molecular flexibility index (Phi) is 11.3. The molecule has 0 aliphatic heterocycles. The summed E-state index contributed by atoms with van der Waals surface area (Å²) in [5.41, 5.74) is 0. The van der Waals surface area contributed by atoms with Crippen LogP contribution in [-0.4, -0.2) is 5.16 Å². The van der Waals surface area contributed by atoms with Gasteiger partial charge in [0.2, 0.25) is 0 Å². The molecule has 0 saturated carbocycles. The van der Waals surface area contributed by atoms with Crippen LogP contribution in [0.4, 0.5) is 0 Å². The summed E-state index contributed by atoms with van der Waals surface area (Å²) < 4.78 is 0. The zero-order chi connectivity index (χ0) is 16.5. The van der Waals surface area contributed by atoms with Crippen LogP contribution < -0.4 is 0 Å². The SMILES string of the molecule is CCCCCCC(CC(C)C)C(P)(CC(C)C)CC(C)C. The monoisotopic (exact) mass is 314 g/mol. The van der Waals surface area contributed by atoms with Crippen molar-refractivity contribution in [1.82, 2.24) is 0 Å². The summed E-state index contributed by atoms with van der Waals surface area (Å²) in [5.74, 6) is 3.29. The molecule has 0 aromatic carbocycles. The van der Waals surface area contributed by atoms with E-state index >= 15 is 0 Å². The van der Waals surface area contributed by atoms with Gasteiger partial charge in [0.1, 0.15) is 0 Å². The maximum Gasteiger partial charge on any atom is -0.0117 e. The predicted molar refractivity (Wildman–Crippen MR) is 103 cm³/mol. The van der Waals surface area contributed by atoms with E-state index in [2.05, 4.69) is 57.7 Å². The van der Waals surface area contributed by atoms with E-state index in [0.29, 0.717) is 5.16 Å². The zero-order valence-electron chi connectivity index (χ0n) is 16.0. The summed E-state index contributed by atoms with van der Waals surface area (Å²) in [5, 5.41) is 0.457. The summed E-state index contributed by atoms with van der Waals surface area (Å²) in [4.78, 5) is 0. The van der Waals surface area contributed by atoms with Gasteiger partial charge in [-0.05, 0) is 54.5 Å². The highest BCUT2D eigenvalue weighted by molar-refractivity contribution is 7.19. The highest BCUT2D eigenvalue weighted by Gasteiger charge is 2.35. The van der Waals surface area contributed by atoms with Crippen LogP contribution in [0, 0.1) is 23.7 Å². The van der Waals surface area contributed by atoms with Gasteiger partial charge in [-0.3, -0.25) is 0 Å². The first kappa shape index (κ1) is 21.4. The van der Waals surface area contributed by atoms with Crippen molar-refractivity contribution >= 4 is 9.24 Å². The Hall–Kier alpha value is 0.430. The van der Waals surface area contributed by atoms with Crippen LogP contribution in [0.15, 0.2) is 0 Å². The average molecular weight is 315 g/mol. The molecule has 0 nitrogen and oxygen atoms in total. The van der Waals surface area contributed by atoms with Gasteiger partial charge in [0.25, 0.3) is 0 Å². The van der Waals surface area contributed by atoms with E-state index in [1.54, 1.807) is 0 Å². The molecule has 0 radical (unpaired) electrons. The minimum atomic E-state index is 0.457. The van der Waals surface area contributed by atoms with Crippen LogP contribution in [0.1, 0.15) is 99.8 Å². The molecule has 1 heteroatoms. The minimum absolute atomic E-state index is 0.457. The molecule has 0 aromatic heterocycles. The van der Waals surface area contributed by atoms with Crippen molar-refractivity contribution in [3.8, 4) is 0 Å². The van der Waals surface area contributed by atoms with Crippen molar-refractivity contribution in [2.24, 2.45) is 23.7 Å². The Morgan fingerprint density at radius 1 is 0.762 bits per heavy atom.